The predicted octanol–water partition coefficient (Wildman–Crippen LogP) is 5.80. The van der Waals surface area contributed by atoms with Gasteiger partial charge in [-0.1, -0.05) is 75.1 Å². The van der Waals surface area contributed by atoms with E-state index in [1.165, 1.54) is 32.1 Å². The first-order valence-electron chi connectivity index (χ1n) is 11.7. The highest BCUT2D eigenvalue weighted by Crippen LogP contribution is 2.16. The van der Waals surface area contributed by atoms with Crippen LogP contribution in [0, 0.1) is 11.8 Å². The van der Waals surface area contributed by atoms with Crippen molar-refractivity contribution in [2.75, 3.05) is 6.61 Å². The minimum absolute atomic E-state index is 0.0102. The van der Waals surface area contributed by atoms with Crippen LogP contribution in [0.5, 0.6) is 5.75 Å². The largest absolute Gasteiger partial charge is 0.482 e. The molecule has 0 fully saturated rings. The van der Waals surface area contributed by atoms with Gasteiger partial charge in [-0.3, -0.25) is 4.79 Å². The topological polar surface area (TPSA) is 66.8 Å². The third kappa shape index (κ3) is 10.7. The summed E-state index contributed by atoms with van der Waals surface area (Å²) in [7, 11) is 0. The van der Waals surface area contributed by atoms with Crippen LogP contribution in [0.3, 0.4) is 0 Å². The number of carboxylic acids is 1. The number of carbonyl (C=O) groups is 2. The van der Waals surface area contributed by atoms with Gasteiger partial charge in [-0.15, -0.1) is 0 Å². The molecule has 0 aromatic heterocycles. The van der Waals surface area contributed by atoms with Crippen LogP contribution in [-0.4, -0.2) is 28.5 Å². The molecule has 5 heteroatoms. The lowest BCUT2D eigenvalue weighted by atomic mass is 10.1. The number of rotatable bonds is 13. The lowest BCUT2D eigenvalue weighted by Crippen LogP contribution is -2.27. The minimum atomic E-state index is -1.02. The minimum Gasteiger partial charge on any atom is -0.482 e. The Morgan fingerprint density at radius 3 is 2.03 bits per heavy atom. The summed E-state index contributed by atoms with van der Waals surface area (Å²) in [5.41, 5.74) is 2.99. The van der Waals surface area contributed by atoms with Crippen LogP contribution in [0.25, 0.3) is 0 Å². The van der Waals surface area contributed by atoms with Crippen molar-refractivity contribution in [1.29, 1.82) is 0 Å². The smallest absolute Gasteiger partial charge is 0.341 e. The predicted molar refractivity (Wildman–Crippen MR) is 131 cm³/mol. The van der Waals surface area contributed by atoms with Crippen LogP contribution in [-0.2, 0) is 22.7 Å². The first-order valence-corrected chi connectivity index (χ1v) is 11.7. The Morgan fingerprint density at radius 2 is 1.45 bits per heavy atom. The van der Waals surface area contributed by atoms with E-state index in [1.807, 2.05) is 36.4 Å². The molecule has 2 aromatic rings. The summed E-state index contributed by atoms with van der Waals surface area (Å²) < 4.78 is 5.15. The Hall–Kier alpha value is -3.26. The molecule has 0 bridgehead atoms. The molecule has 176 valence electrons. The molecule has 2 aromatic carbocycles. The average Bonchev–Trinajstić information content (AvgIpc) is 2.80. The summed E-state index contributed by atoms with van der Waals surface area (Å²) >= 11 is 0. The van der Waals surface area contributed by atoms with Crippen molar-refractivity contribution in [1.82, 2.24) is 4.90 Å². The normalized spacial score (nSPS) is 10.2. The number of unbranched alkanes of at least 4 members (excludes halogenated alkanes) is 6. The summed E-state index contributed by atoms with van der Waals surface area (Å²) in [5, 5.41) is 8.69. The maximum atomic E-state index is 12.2. The standard InChI is InChI=1S/C28H35NO4/c1-3-4-5-6-7-8-9-10-11-24-12-14-25(15-13-24)20-29(23(2)30)21-26-16-18-27(19-17-26)33-22-28(31)32/h12-19H,3-9,20-22H2,1-2H3,(H,31,32). The number of nitrogens with zero attached hydrogens (tertiary/aromatic N) is 1. The molecule has 0 aliphatic rings. The fourth-order valence-corrected chi connectivity index (χ4v) is 3.41. The van der Waals surface area contributed by atoms with Crippen molar-refractivity contribution >= 4 is 11.9 Å². The van der Waals surface area contributed by atoms with Gasteiger partial charge in [0.2, 0.25) is 5.91 Å². The molecule has 0 radical (unpaired) electrons. The number of aliphatic carboxylic acids is 1. The molecule has 0 atom stereocenters. The van der Waals surface area contributed by atoms with Gasteiger partial charge >= 0.3 is 5.97 Å². The van der Waals surface area contributed by atoms with E-state index in [0.29, 0.717) is 18.8 Å². The van der Waals surface area contributed by atoms with Crippen molar-refractivity contribution in [2.24, 2.45) is 0 Å². The molecule has 0 aliphatic heterocycles. The summed E-state index contributed by atoms with van der Waals surface area (Å²) in [6.45, 7) is 4.40. The van der Waals surface area contributed by atoms with Crippen LogP contribution in [0.1, 0.15) is 75.5 Å². The summed E-state index contributed by atoms with van der Waals surface area (Å²) in [5.74, 6) is 5.96. The number of ether oxygens (including phenoxy) is 1. The zero-order valence-corrected chi connectivity index (χ0v) is 19.8. The van der Waals surface area contributed by atoms with E-state index in [-0.39, 0.29) is 12.5 Å². The van der Waals surface area contributed by atoms with E-state index in [9.17, 15) is 9.59 Å². The molecule has 0 heterocycles. The molecule has 0 spiro atoms. The van der Waals surface area contributed by atoms with E-state index in [2.05, 4.69) is 18.8 Å². The number of carboxylic acid groups (broad SMARTS) is 1. The highest BCUT2D eigenvalue weighted by molar-refractivity contribution is 5.73. The molecule has 0 saturated heterocycles. The quantitative estimate of drug-likeness (QED) is 0.310. The van der Waals surface area contributed by atoms with Crippen LogP contribution in [0.15, 0.2) is 48.5 Å². The summed E-state index contributed by atoms with van der Waals surface area (Å²) in [6, 6.07) is 15.2. The first-order chi connectivity index (χ1) is 16.0. The molecule has 0 unspecified atom stereocenters. The average molecular weight is 450 g/mol. The van der Waals surface area contributed by atoms with E-state index >= 15 is 0 Å². The van der Waals surface area contributed by atoms with E-state index in [1.54, 1.807) is 24.0 Å². The van der Waals surface area contributed by atoms with Gasteiger partial charge < -0.3 is 14.7 Å². The van der Waals surface area contributed by atoms with Gasteiger partial charge in [0, 0.05) is 32.0 Å². The fourth-order valence-electron chi connectivity index (χ4n) is 3.41. The van der Waals surface area contributed by atoms with Crippen molar-refractivity contribution in [3.63, 3.8) is 0 Å². The Morgan fingerprint density at radius 1 is 0.879 bits per heavy atom. The van der Waals surface area contributed by atoms with Gasteiger partial charge in [-0.2, -0.15) is 0 Å². The lowest BCUT2D eigenvalue weighted by Gasteiger charge is -2.21. The summed E-state index contributed by atoms with van der Waals surface area (Å²) in [6.07, 6.45) is 8.59. The second kappa shape index (κ2) is 14.7. The SMILES string of the molecule is CCCCCCCCC#Cc1ccc(CN(Cc2ccc(OCC(=O)O)cc2)C(C)=O)cc1. The van der Waals surface area contributed by atoms with Crippen LogP contribution < -0.4 is 4.74 Å². The van der Waals surface area contributed by atoms with Crippen molar-refractivity contribution in [3.8, 4) is 17.6 Å². The van der Waals surface area contributed by atoms with Gasteiger partial charge in [0.15, 0.2) is 6.61 Å². The van der Waals surface area contributed by atoms with Gasteiger partial charge in [0.25, 0.3) is 0 Å². The zero-order chi connectivity index (χ0) is 23.9. The Labute approximate surface area is 197 Å². The van der Waals surface area contributed by atoms with Crippen molar-refractivity contribution in [3.05, 3.63) is 65.2 Å². The van der Waals surface area contributed by atoms with Gasteiger partial charge in [-0.05, 0) is 41.8 Å². The Kier molecular flexibility index (Phi) is 11.6. The van der Waals surface area contributed by atoms with E-state index < -0.39 is 5.97 Å². The molecular formula is C28H35NO4. The lowest BCUT2D eigenvalue weighted by molar-refractivity contribution is -0.139. The number of hydrogen-bond donors (Lipinski definition) is 1. The van der Waals surface area contributed by atoms with E-state index in [4.69, 9.17) is 9.84 Å². The molecule has 33 heavy (non-hydrogen) atoms. The van der Waals surface area contributed by atoms with Gasteiger partial charge in [0.05, 0.1) is 0 Å². The molecule has 1 N–H and O–H groups in total. The molecule has 5 nitrogen and oxygen atoms in total. The Bertz CT molecular complexity index is 923. The number of benzene rings is 2. The third-order valence-electron chi connectivity index (χ3n) is 5.32. The van der Waals surface area contributed by atoms with Gasteiger partial charge in [0.1, 0.15) is 5.75 Å². The first kappa shape index (κ1) is 26.0. The van der Waals surface area contributed by atoms with Crippen LogP contribution >= 0.6 is 0 Å². The number of hydrogen-bond acceptors (Lipinski definition) is 3. The fraction of sp³-hybridized carbons (Fsp3) is 0.429. The van der Waals surface area contributed by atoms with Crippen molar-refractivity contribution in [2.45, 2.75) is 71.9 Å². The van der Waals surface area contributed by atoms with Crippen molar-refractivity contribution < 1.29 is 19.4 Å². The van der Waals surface area contributed by atoms with E-state index in [0.717, 1.165) is 29.5 Å². The number of carbonyl (C=O) groups excluding carboxylic acids is 1. The van der Waals surface area contributed by atoms with Crippen LogP contribution in [0.4, 0.5) is 0 Å². The molecule has 0 aliphatic carbocycles. The molecule has 0 saturated carbocycles. The maximum Gasteiger partial charge on any atom is 0.341 e. The maximum absolute atomic E-state index is 12.2. The molecular weight excluding hydrogens is 414 g/mol. The van der Waals surface area contributed by atoms with Gasteiger partial charge in [-0.25, -0.2) is 4.79 Å². The number of amides is 1. The highest BCUT2D eigenvalue weighted by Gasteiger charge is 2.11. The monoisotopic (exact) mass is 449 g/mol. The highest BCUT2D eigenvalue weighted by atomic mass is 16.5. The third-order valence-corrected chi connectivity index (χ3v) is 5.32. The Balaban J connectivity index is 1.84. The molecule has 2 rings (SSSR count). The molecule has 1 amide bonds. The van der Waals surface area contributed by atoms with Crippen LogP contribution in [0.2, 0.25) is 0 Å². The second-order valence-electron chi connectivity index (χ2n) is 8.22. The summed E-state index contributed by atoms with van der Waals surface area (Å²) in [4.78, 5) is 24.5. The zero-order valence-electron chi connectivity index (χ0n) is 19.8. The second-order valence-corrected chi connectivity index (χ2v) is 8.22.